The average molecular weight is 253 g/mol. The zero-order valence-corrected chi connectivity index (χ0v) is 11.0. The summed E-state index contributed by atoms with van der Waals surface area (Å²) in [5, 5.41) is 2.08. The lowest BCUT2D eigenvalue weighted by molar-refractivity contribution is -0.138. The van der Waals surface area contributed by atoms with Crippen LogP contribution in [0.2, 0.25) is 0 Å². The van der Waals surface area contributed by atoms with Crippen LogP contribution in [0.25, 0.3) is 0 Å². The summed E-state index contributed by atoms with van der Waals surface area (Å²) in [5.41, 5.74) is 0. The number of carbonyl (C=O) groups excluding carboxylic acids is 1. The van der Waals surface area contributed by atoms with Gasteiger partial charge in [0.05, 0.1) is 12.7 Å². The van der Waals surface area contributed by atoms with Gasteiger partial charge in [0.25, 0.3) is 0 Å². The highest BCUT2D eigenvalue weighted by Gasteiger charge is 2.20. The van der Waals surface area contributed by atoms with Crippen molar-refractivity contribution in [3.05, 3.63) is 22.4 Å². The van der Waals surface area contributed by atoms with Crippen LogP contribution < -0.4 is 0 Å². The summed E-state index contributed by atoms with van der Waals surface area (Å²) in [6.45, 7) is 4.20. The molecule has 0 N–H and O–H groups in total. The van der Waals surface area contributed by atoms with Crippen molar-refractivity contribution in [2.24, 2.45) is 0 Å². The number of carbonyl (C=O) groups is 1. The smallest absolute Gasteiger partial charge is 0.222 e. The third kappa shape index (κ3) is 3.82. The lowest BCUT2D eigenvalue weighted by Crippen LogP contribution is -2.44. The Morgan fingerprint density at radius 1 is 1.65 bits per heavy atom. The highest BCUT2D eigenvalue weighted by molar-refractivity contribution is 7.09. The summed E-state index contributed by atoms with van der Waals surface area (Å²) in [5.74, 6) is 0.275. The summed E-state index contributed by atoms with van der Waals surface area (Å²) in [4.78, 5) is 15.2. The van der Waals surface area contributed by atoms with Gasteiger partial charge in [-0.05, 0) is 31.2 Å². The molecule has 0 radical (unpaired) electrons. The SMILES string of the molecule is C[C@H]1CN(C(=O)CCCc2cccs2)CCO1. The molecule has 0 bridgehead atoms. The number of aryl methyl sites for hydroxylation is 1. The quantitative estimate of drug-likeness (QED) is 0.824. The molecule has 0 aromatic carbocycles. The summed E-state index contributed by atoms with van der Waals surface area (Å²) in [6.07, 6.45) is 2.81. The molecule has 2 heterocycles. The molecule has 2 rings (SSSR count). The third-order valence-electron chi connectivity index (χ3n) is 2.99. The predicted octanol–water partition coefficient (Wildman–Crippen LogP) is 2.32. The molecule has 1 aliphatic rings. The van der Waals surface area contributed by atoms with E-state index in [4.69, 9.17) is 4.74 Å². The van der Waals surface area contributed by atoms with Crippen molar-refractivity contribution >= 4 is 17.2 Å². The van der Waals surface area contributed by atoms with E-state index in [0.29, 0.717) is 13.0 Å². The van der Waals surface area contributed by atoms with Crippen LogP contribution in [-0.4, -0.2) is 36.6 Å². The van der Waals surface area contributed by atoms with Crippen LogP contribution in [0.5, 0.6) is 0 Å². The van der Waals surface area contributed by atoms with Crippen LogP contribution in [0.4, 0.5) is 0 Å². The van der Waals surface area contributed by atoms with Crippen LogP contribution in [0, 0.1) is 0 Å². The van der Waals surface area contributed by atoms with Crippen LogP contribution in [-0.2, 0) is 16.0 Å². The lowest BCUT2D eigenvalue weighted by atomic mass is 10.2. The minimum Gasteiger partial charge on any atom is -0.375 e. The first-order valence-electron chi connectivity index (χ1n) is 6.17. The van der Waals surface area contributed by atoms with Gasteiger partial charge in [-0.15, -0.1) is 11.3 Å². The standard InChI is InChI=1S/C13H19NO2S/c1-11-10-14(7-8-16-11)13(15)6-2-4-12-5-3-9-17-12/h3,5,9,11H,2,4,6-8,10H2,1H3/t11-/m0/s1. The van der Waals surface area contributed by atoms with Gasteiger partial charge in [0.1, 0.15) is 0 Å². The molecule has 0 unspecified atom stereocenters. The first-order chi connectivity index (χ1) is 8.25. The number of rotatable bonds is 4. The van der Waals surface area contributed by atoms with Crippen molar-refractivity contribution in [3.63, 3.8) is 0 Å². The molecule has 1 fully saturated rings. The summed E-state index contributed by atoms with van der Waals surface area (Å²) in [6, 6.07) is 4.19. The normalized spacial score (nSPS) is 20.5. The second-order valence-corrected chi connectivity index (χ2v) is 5.49. The van der Waals surface area contributed by atoms with E-state index in [9.17, 15) is 4.79 Å². The summed E-state index contributed by atoms with van der Waals surface area (Å²) >= 11 is 1.77. The van der Waals surface area contributed by atoms with Gasteiger partial charge in [-0.3, -0.25) is 4.79 Å². The molecular formula is C13H19NO2S. The molecule has 1 aliphatic heterocycles. The Morgan fingerprint density at radius 2 is 2.53 bits per heavy atom. The highest BCUT2D eigenvalue weighted by atomic mass is 32.1. The zero-order chi connectivity index (χ0) is 12.1. The van der Waals surface area contributed by atoms with Gasteiger partial charge in [-0.2, -0.15) is 0 Å². The van der Waals surface area contributed by atoms with Crippen LogP contribution in [0.3, 0.4) is 0 Å². The highest BCUT2D eigenvalue weighted by Crippen LogP contribution is 2.13. The topological polar surface area (TPSA) is 29.5 Å². The maximum Gasteiger partial charge on any atom is 0.222 e. The molecule has 1 aromatic heterocycles. The Bertz CT molecular complexity index is 350. The average Bonchev–Trinajstić information content (AvgIpc) is 2.82. The van der Waals surface area contributed by atoms with E-state index < -0.39 is 0 Å². The monoisotopic (exact) mass is 253 g/mol. The van der Waals surface area contributed by atoms with Crippen LogP contribution >= 0.6 is 11.3 Å². The van der Waals surface area contributed by atoms with Gasteiger partial charge in [0.15, 0.2) is 0 Å². The fourth-order valence-corrected chi connectivity index (χ4v) is 2.82. The fraction of sp³-hybridized carbons (Fsp3) is 0.615. The predicted molar refractivity (Wildman–Crippen MR) is 69.3 cm³/mol. The van der Waals surface area contributed by atoms with Gasteiger partial charge in [-0.25, -0.2) is 0 Å². The van der Waals surface area contributed by atoms with Crippen LogP contribution in [0.1, 0.15) is 24.6 Å². The van der Waals surface area contributed by atoms with Crippen molar-refractivity contribution < 1.29 is 9.53 Å². The van der Waals surface area contributed by atoms with E-state index in [0.717, 1.165) is 25.9 Å². The van der Waals surface area contributed by atoms with E-state index in [1.165, 1.54) is 4.88 Å². The number of nitrogens with zero attached hydrogens (tertiary/aromatic N) is 1. The number of hydrogen-bond acceptors (Lipinski definition) is 3. The van der Waals surface area contributed by atoms with Crippen molar-refractivity contribution in [2.75, 3.05) is 19.7 Å². The van der Waals surface area contributed by atoms with Gasteiger partial charge in [0.2, 0.25) is 5.91 Å². The molecule has 1 aromatic rings. The van der Waals surface area contributed by atoms with Crippen molar-refractivity contribution in [3.8, 4) is 0 Å². The Balaban J connectivity index is 1.70. The number of thiophene rings is 1. The van der Waals surface area contributed by atoms with E-state index >= 15 is 0 Å². The summed E-state index contributed by atoms with van der Waals surface area (Å²) in [7, 11) is 0. The maximum absolute atomic E-state index is 11.9. The first kappa shape index (κ1) is 12.6. The molecule has 1 saturated heterocycles. The molecule has 94 valence electrons. The zero-order valence-electron chi connectivity index (χ0n) is 10.2. The third-order valence-corrected chi connectivity index (χ3v) is 3.92. The fourth-order valence-electron chi connectivity index (χ4n) is 2.07. The van der Waals surface area contributed by atoms with E-state index in [1.807, 2.05) is 11.8 Å². The van der Waals surface area contributed by atoms with Crippen molar-refractivity contribution in [1.82, 2.24) is 4.90 Å². The molecule has 0 spiro atoms. The van der Waals surface area contributed by atoms with Gasteiger partial charge in [0, 0.05) is 24.4 Å². The Morgan fingerprint density at radius 3 is 3.24 bits per heavy atom. The number of amides is 1. The summed E-state index contributed by atoms with van der Waals surface area (Å²) < 4.78 is 5.43. The van der Waals surface area contributed by atoms with E-state index in [-0.39, 0.29) is 12.0 Å². The molecule has 0 aliphatic carbocycles. The Hall–Kier alpha value is -0.870. The van der Waals surface area contributed by atoms with Gasteiger partial charge in [-0.1, -0.05) is 6.07 Å². The van der Waals surface area contributed by atoms with Crippen molar-refractivity contribution in [1.29, 1.82) is 0 Å². The minimum absolute atomic E-state index is 0.185. The van der Waals surface area contributed by atoms with Crippen LogP contribution in [0.15, 0.2) is 17.5 Å². The molecule has 0 saturated carbocycles. The molecule has 3 nitrogen and oxygen atoms in total. The molecule has 17 heavy (non-hydrogen) atoms. The lowest BCUT2D eigenvalue weighted by Gasteiger charge is -2.31. The van der Waals surface area contributed by atoms with Crippen molar-refractivity contribution in [2.45, 2.75) is 32.3 Å². The molecule has 1 amide bonds. The number of ether oxygens (including phenoxy) is 1. The Kier molecular flexibility index (Phi) is 4.57. The maximum atomic E-state index is 11.9. The van der Waals surface area contributed by atoms with Gasteiger partial charge >= 0.3 is 0 Å². The number of morpholine rings is 1. The molecular weight excluding hydrogens is 234 g/mol. The second-order valence-electron chi connectivity index (χ2n) is 4.45. The molecule has 1 atom stereocenters. The first-order valence-corrected chi connectivity index (χ1v) is 7.05. The van der Waals surface area contributed by atoms with E-state index in [2.05, 4.69) is 17.5 Å². The Labute approximate surface area is 106 Å². The minimum atomic E-state index is 0.185. The molecule has 4 heteroatoms. The second kappa shape index (κ2) is 6.17. The van der Waals surface area contributed by atoms with Gasteiger partial charge < -0.3 is 9.64 Å². The largest absolute Gasteiger partial charge is 0.375 e. The van der Waals surface area contributed by atoms with E-state index in [1.54, 1.807) is 11.3 Å². The number of hydrogen-bond donors (Lipinski definition) is 0.